The average Bonchev–Trinajstić information content (AvgIpc) is 1.98. The standard InChI is InChI=1S/C7H17N3O/c1-8-5-6-10(4)7(11)9(2)3/h8H,5-6H2,1-4H3. The summed E-state index contributed by atoms with van der Waals surface area (Å²) in [6, 6.07) is 0.0419. The van der Waals surface area contributed by atoms with Crippen molar-refractivity contribution in [3.63, 3.8) is 0 Å². The summed E-state index contributed by atoms with van der Waals surface area (Å²) in [4.78, 5) is 14.4. The molecule has 1 N–H and O–H groups in total. The normalized spacial score (nSPS) is 9.45. The van der Waals surface area contributed by atoms with Gasteiger partial charge in [-0.05, 0) is 7.05 Å². The summed E-state index contributed by atoms with van der Waals surface area (Å²) in [6.07, 6.45) is 0. The lowest BCUT2D eigenvalue weighted by atomic mass is 10.5. The van der Waals surface area contributed by atoms with E-state index in [1.165, 1.54) is 0 Å². The Bertz CT molecular complexity index is 125. The third-order valence-corrected chi connectivity index (χ3v) is 1.41. The summed E-state index contributed by atoms with van der Waals surface area (Å²) in [5, 5.41) is 2.98. The molecule has 0 radical (unpaired) electrons. The molecule has 0 aliphatic rings. The second-order valence-corrected chi connectivity index (χ2v) is 2.70. The van der Waals surface area contributed by atoms with Crippen molar-refractivity contribution in [1.29, 1.82) is 0 Å². The van der Waals surface area contributed by atoms with Crippen molar-refractivity contribution in [1.82, 2.24) is 15.1 Å². The van der Waals surface area contributed by atoms with E-state index in [1.807, 2.05) is 7.05 Å². The minimum Gasteiger partial charge on any atom is -0.331 e. The lowest BCUT2D eigenvalue weighted by Crippen LogP contribution is -2.39. The van der Waals surface area contributed by atoms with Crippen LogP contribution in [0.4, 0.5) is 4.79 Å². The number of nitrogens with zero attached hydrogens (tertiary/aromatic N) is 2. The highest BCUT2D eigenvalue weighted by molar-refractivity contribution is 5.73. The van der Waals surface area contributed by atoms with Crippen LogP contribution in [-0.2, 0) is 0 Å². The molecule has 0 atom stereocenters. The molecule has 66 valence electrons. The van der Waals surface area contributed by atoms with Gasteiger partial charge in [-0.15, -0.1) is 0 Å². The fraction of sp³-hybridized carbons (Fsp3) is 0.857. The summed E-state index contributed by atoms with van der Waals surface area (Å²) < 4.78 is 0. The van der Waals surface area contributed by atoms with Crippen molar-refractivity contribution < 1.29 is 4.79 Å². The van der Waals surface area contributed by atoms with E-state index in [2.05, 4.69) is 5.32 Å². The third-order valence-electron chi connectivity index (χ3n) is 1.41. The van der Waals surface area contributed by atoms with Crippen LogP contribution in [0.15, 0.2) is 0 Å². The quantitative estimate of drug-likeness (QED) is 0.620. The van der Waals surface area contributed by atoms with Crippen LogP contribution < -0.4 is 5.32 Å². The zero-order chi connectivity index (χ0) is 8.85. The van der Waals surface area contributed by atoms with E-state index in [4.69, 9.17) is 0 Å². The molecule has 0 fully saturated rings. The predicted octanol–water partition coefficient (Wildman–Crippen LogP) is -0.181. The van der Waals surface area contributed by atoms with E-state index < -0.39 is 0 Å². The minimum atomic E-state index is 0.0419. The Kier molecular flexibility index (Phi) is 4.61. The zero-order valence-electron chi connectivity index (χ0n) is 7.72. The van der Waals surface area contributed by atoms with Crippen molar-refractivity contribution in [3.05, 3.63) is 0 Å². The maximum atomic E-state index is 11.2. The second-order valence-electron chi connectivity index (χ2n) is 2.70. The van der Waals surface area contributed by atoms with Gasteiger partial charge in [0.1, 0.15) is 0 Å². The summed E-state index contributed by atoms with van der Waals surface area (Å²) in [6.45, 7) is 1.57. The SMILES string of the molecule is CNCCN(C)C(=O)N(C)C. The van der Waals surface area contributed by atoms with E-state index in [1.54, 1.807) is 30.9 Å². The molecular formula is C7H17N3O. The van der Waals surface area contributed by atoms with Crippen molar-refractivity contribution in [3.8, 4) is 0 Å². The summed E-state index contributed by atoms with van der Waals surface area (Å²) in [5.74, 6) is 0. The van der Waals surface area contributed by atoms with Crippen molar-refractivity contribution in [2.24, 2.45) is 0 Å². The number of hydrogen-bond acceptors (Lipinski definition) is 2. The van der Waals surface area contributed by atoms with Gasteiger partial charge in [0.25, 0.3) is 0 Å². The number of urea groups is 1. The Morgan fingerprint density at radius 1 is 1.36 bits per heavy atom. The molecule has 0 aliphatic carbocycles. The van der Waals surface area contributed by atoms with E-state index in [9.17, 15) is 4.79 Å². The lowest BCUT2D eigenvalue weighted by molar-refractivity contribution is 0.182. The molecule has 0 aromatic heterocycles. The third kappa shape index (κ3) is 3.83. The predicted molar refractivity (Wildman–Crippen MR) is 45.6 cm³/mol. The molecular weight excluding hydrogens is 142 g/mol. The fourth-order valence-electron chi connectivity index (χ4n) is 0.717. The van der Waals surface area contributed by atoms with Crippen molar-refractivity contribution >= 4 is 6.03 Å². The first-order valence-electron chi connectivity index (χ1n) is 3.66. The van der Waals surface area contributed by atoms with Crippen LogP contribution in [0.1, 0.15) is 0 Å². The largest absolute Gasteiger partial charge is 0.331 e. The number of hydrogen-bond donors (Lipinski definition) is 1. The van der Waals surface area contributed by atoms with Gasteiger partial charge >= 0.3 is 6.03 Å². The van der Waals surface area contributed by atoms with Crippen molar-refractivity contribution in [2.45, 2.75) is 0 Å². The number of likely N-dealkylation sites (N-methyl/N-ethyl adjacent to an activating group) is 2. The molecule has 11 heavy (non-hydrogen) atoms. The van der Waals surface area contributed by atoms with Gasteiger partial charge in [-0.1, -0.05) is 0 Å². The molecule has 4 heteroatoms. The van der Waals surface area contributed by atoms with E-state index in [-0.39, 0.29) is 6.03 Å². The highest BCUT2D eigenvalue weighted by Crippen LogP contribution is 1.88. The lowest BCUT2D eigenvalue weighted by Gasteiger charge is -2.21. The van der Waals surface area contributed by atoms with Gasteiger partial charge in [-0.3, -0.25) is 0 Å². The Balaban J connectivity index is 3.64. The van der Waals surface area contributed by atoms with Gasteiger partial charge in [-0.25, -0.2) is 4.79 Å². The molecule has 0 aliphatic heterocycles. The number of rotatable bonds is 3. The van der Waals surface area contributed by atoms with Crippen molar-refractivity contribution in [2.75, 3.05) is 41.3 Å². The van der Waals surface area contributed by atoms with Crippen LogP contribution in [0.3, 0.4) is 0 Å². The maximum absolute atomic E-state index is 11.2. The first-order chi connectivity index (χ1) is 5.09. The molecule has 4 nitrogen and oxygen atoms in total. The number of carbonyl (C=O) groups excluding carboxylic acids is 1. The number of nitrogens with one attached hydrogen (secondary N) is 1. The van der Waals surface area contributed by atoms with E-state index in [0.717, 1.165) is 13.1 Å². The van der Waals surface area contributed by atoms with Gasteiger partial charge in [0, 0.05) is 34.2 Å². The summed E-state index contributed by atoms with van der Waals surface area (Å²) in [5.41, 5.74) is 0. The average molecular weight is 159 g/mol. The van der Waals surface area contributed by atoms with Gasteiger partial charge in [0.05, 0.1) is 0 Å². The van der Waals surface area contributed by atoms with Crippen LogP contribution in [0.25, 0.3) is 0 Å². The molecule has 0 aromatic carbocycles. The molecule has 0 spiro atoms. The van der Waals surface area contributed by atoms with Gasteiger partial charge in [0.2, 0.25) is 0 Å². The fourth-order valence-corrected chi connectivity index (χ4v) is 0.717. The first kappa shape index (κ1) is 10.2. The van der Waals surface area contributed by atoms with E-state index >= 15 is 0 Å². The summed E-state index contributed by atoms with van der Waals surface area (Å²) in [7, 11) is 7.16. The smallest absolute Gasteiger partial charge is 0.319 e. The minimum absolute atomic E-state index is 0.0419. The Hall–Kier alpha value is -0.770. The van der Waals surface area contributed by atoms with Crippen LogP contribution >= 0.6 is 0 Å². The van der Waals surface area contributed by atoms with E-state index in [0.29, 0.717) is 0 Å². The van der Waals surface area contributed by atoms with Gasteiger partial charge in [0.15, 0.2) is 0 Å². The maximum Gasteiger partial charge on any atom is 0.319 e. The molecule has 2 amide bonds. The first-order valence-corrected chi connectivity index (χ1v) is 3.66. The molecule has 0 saturated heterocycles. The topological polar surface area (TPSA) is 35.6 Å². The Morgan fingerprint density at radius 2 is 1.91 bits per heavy atom. The van der Waals surface area contributed by atoms with Gasteiger partial charge in [-0.2, -0.15) is 0 Å². The Labute approximate surface area is 68.2 Å². The molecule has 0 bridgehead atoms. The molecule has 0 aromatic rings. The van der Waals surface area contributed by atoms with Gasteiger partial charge < -0.3 is 15.1 Å². The van der Waals surface area contributed by atoms with Crippen LogP contribution in [0.2, 0.25) is 0 Å². The monoisotopic (exact) mass is 159 g/mol. The zero-order valence-corrected chi connectivity index (χ0v) is 7.72. The summed E-state index contributed by atoms with van der Waals surface area (Å²) >= 11 is 0. The number of amides is 2. The number of carbonyl (C=O) groups is 1. The highest BCUT2D eigenvalue weighted by atomic mass is 16.2. The Morgan fingerprint density at radius 3 is 2.27 bits per heavy atom. The van der Waals surface area contributed by atoms with Crippen LogP contribution in [0, 0.1) is 0 Å². The van der Waals surface area contributed by atoms with Crippen LogP contribution in [-0.4, -0.2) is 57.1 Å². The molecule has 0 unspecified atom stereocenters. The molecule has 0 saturated carbocycles. The molecule has 0 heterocycles. The highest BCUT2D eigenvalue weighted by Gasteiger charge is 2.08. The van der Waals surface area contributed by atoms with Crippen LogP contribution in [0.5, 0.6) is 0 Å². The molecule has 0 rings (SSSR count). The second kappa shape index (κ2) is 4.96.